The van der Waals surface area contributed by atoms with Crippen LogP contribution in [0.25, 0.3) is 0 Å². The average molecular weight is 65.7 g/mol. The summed E-state index contributed by atoms with van der Waals surface area (Å²) < 4.78 is 0. The van der Waals surface area contributed by atoms with Gasteiger partial charge in [0.2, 0.25) is 0 Å². The molecule has 0 aromatic heterocycles. The average Bonchev–Trinajstić information content (AvgIpc) is 1.38. The van der Waals surface area contributed by atoms with Gasteiger partial charge in [-0.2, -0.15) is 0 Å². The Kier molecular flexibility index (Phi) is 2.25. The van der Waals surface area contributed by atoms with Crippen LogP contribution in [0.5, 0.6) is 0 Å². The van der Waals surface area contributed by atoms with Crippen LogP contribution in [0.1, 0.15) is 6.92 Å². The summed E-state index contributed by atoms with van der Waals surface area (Å²) in [4.78, 5) is 0. The van der Waals surface area contributed by atoms with E-state index in [1.807, 2.05) is 6.92 Å². The minimum atomic E-state index is 1.11. The van der Waals surface area contributed by atoms with E-state index in [0.29, 0.717) is 0 Å². The van der Waals surface area contributed by atoms with Crippen LogP contribution in [0.15, 0.2) is 0 Å². The van der Waals surface area contributed by atoms with Gasteiger partial charge in [-0.1, -0.05) is 0 Å². The van der Waals surface area contributed by atoms with Crippen LogP contribution < -0.4 is 0 Å². The molecule has 0 radical (unpaired) electrons. The SMILES string of the molecule is B=C(C)CB. The van der Waals surface area contributed by atoms with E-state index >= 15 is 0 Å². The molecule has 0 aromatic rings. The van der Waals surface area contributed by atoms with Crippen molar-refractivity contribution < 1.29 is 0 Å². The molecule has 2 heteroatoms. The third-order valence-corrected chi connectivity index (χ3v) is 0.604. The minimum absolute atomic E-state index is 1.11. The van der Waals surface area contributed by atoms with Crippen molar-refractivity contribution in [2.45, 2.75) is 13.2 Å². The summed E-state index contributed by atoms with van der Waals surface area (Å²) in [6, 6.07) is 0. The first-order valence-corrected chi connectivity index (χ1v) is 1.91. The predicted molar refractivity (Wildman–Crippen MR) is 31.2 cm³/mol. The van der Waals surface area contributed by atoms with Crippen LogP contribution in [0.4, 0.5) is 0 Å². The van der Waals surface area contributed by atoms with E-state index in [9.17, 15) is 0 Å². The van der Waals surface area contributed by atoms with Crippen molar-refractivity contribution in [3.05, 3.63) is 0 Å². The molecule has 0 heterocycles. The number of rotatable bonds is 1. The van der Waals surface area contributed by atoms with E-state index in [1.54, 1.807) is 0 Å². The molecular weight excluding hydrogens is 57.7 g/mol. The Bertz CT molecular complexity index is 40.2. The third kappa shape index (κ3) is 4.00. The Hall–Kier alpha value is -0.000130. The summed E-state index contributed by atoms with van der Waals surface area (Å²) in [5, 5.41) is 0. The molecule has 0 N–H and O–H groups in total. The second-order valence-corrected chi connectivity index (χ2v) is 1.31. The van der Waals surface area contributed by atoms with E-state index in [4.69, 9.17) is 0 Å². The van der Waals surface area contributed by atoms with Gasteiger partial charge < -0.3 is 0 Å². The fourth-order valence-electron chi connectivity index (χ4n) is 0. The molecule has 0 saturated carbocycles. The fourth-order valence-corrected chi connectivity index (χ4v) is 0. The first-order chi connectivity index (χ1) is 2.27. The molecule has 0 amide bonds. The molecular formula is C3H8B2. The summed E-state index contributed by atoms with van der Waals surface area (Å²) in [6.45, 7) is 2.03. The molecule has 0 fully saturated rings. The van der Waals surface area contributed by atoms with Gasteiger partial charge in [-0.05, 0) is 0 Å². The molecule has 26 valence electrons. The molecule has 0 atom stereocenters. The van der Waals surface area contributed by atoms with Crippen LogP contribution >= 0.6 is 0 Å². The molecule has 0 aliphatic heterocycles. The quantitative estimate of drug-likeness (QED) is 0.349. The van der Waals surface area contributed by atoms with E-state index in [2.05, 4.69) is 15.3 Å². The maximum absolute atomic E-state index is 3.67. The van der Waals surface area contributed by atoms with Crippen molar-refractivity contribution in [2.24, 2.45) is 0 Å². The van der Waals surface area contributed by atoms with Gasteiger partial charge in [0.05, 0.1) is 0 Å². The molecule has 0 unspecified atom stereocenters. The Morgan fingerprint density at radius 2 is 2.20 bits per heavy atom. The molecule has 0 aromatic carbocycles. The fraction of sp³-hybridized carbons (Fsp3) is 0.667. The van der Waals surface area contributed by atoms with Gasteiger partial charge in [-0.25, -0.2) is 0 Å². The first kappa shape index (κ1) is 5.00. The van der Waals surface area contributed by atoms with Crippen molar-refractivity contribution >= 4 is 20.8 Å². The molecule has 0 aliphatic carbocycles. The molecule has 0 aliphatic rings. The zero-order valence-electron chi connectivity index (χ0n) is 3.91. The van der Waals surface area contributed by atoms with E-state index < -0.39 is 0 Å². The van der Waals surface area contributed by atoms with E-state index in [0.717, 1.165) is 6.32 Å². The summed E-state index contributed by atoms with van der Waals surface area (Å²) in [7, 11) is 5.77. The summed E-state index contributed by atoms with van der Waals surface area (Å²) in [5.41, 5.74) is 1.25. The van der Waals surface area contributed by atoms with Crippen LogP contribution in [-0.2, 0) is 0 Å². The van der Waals surface area contributed by atoms with Crippen molar-refractivity contribution in [2.75, 3.05) is 0 Å². The standard InChI is InChI=1S/C3H8B2/c1-3(5)2-4/h5H,2,4H2,1H3. The van der Waals surface area contributed by atoms with Crippen LogP contribution in [-0.4, -0.2) is 20.8 Å². The summed E-state index contributed by atoms with van der Waals surface area (Å²) in [6.07, 6.45) is 1.11. The second kappa shape index (κ2) is 2.25. The topological polar surface area (TPSA) is 0 Å². The number of hydrogen-bond acceptors (Lipinski definition) is 0. The summed E-state index contributed by atoms with van der Waals surface area (Å²) >= 11 is 0. The maximum atomic E-state index is 3.67. The zero-order chi connectivity index (χ0) is 4.28. The van der Waals surface area contributed by atoms with Crippen LogP contribution in [0.2, 0.25) is 6.32 Å². The van der Waals surface area contributed by atoms with E-state index in [-0.39, 0.29) is 0 Å². The molecule has 0 nitrogen and oxygen atoms in total. The zero-order valence-corrected chi connectivity index (χ0v) is 3.91. The van der Waals surface area contributed by atoms with Crippen molar-refractivity contribution in [3.63, 3.8) is 0 Å². The van der Waals surface area contributed by atoms with Crippen LogP contribution in [0, 0.1) is 0 Å². The Labute approximate surface area is 35.1 Å². The molecule has 0 saturated heterocycles. The van der Waals surface area contributed by atoms with Gasteiger partial charge in [0, 0.05) is 0 Å². The van der Waals surface area contributed by atoms with Gasteiger partial charge in [-0.15, -0.1) is 0 Å². The number of hydrogen-bond donors (Lipinski definition) is 0. The molecule has 0 spiro atoms. The second-order valence-electron chi connectivity index (χ2n) is 1.31. The Balaban J connectivity index is 2.85. The molecule has 0 bridgehead atoms. The Morgan fingerprint density at radius 1 is 2.00 bits per heavy atom. The van der Waals surface area contributed by atoms with Crippen molar-refractivity contribution in [1.82, 2.24) is 0 Å². The third-order valence-electron chi connectivity index (χ3n) is 0.604. The van der Waals surface area contributed by atoms with Crippen molar-refractivity contribution in [1.29, 1.82) is 0 Å². The molecule has 5 heavy (non-hydrogen) atoms. The monoisotopic (exact) mass is 66.1 g/mol. The molecule has 0 rings (SSSR count). The van der Waals surface area contributed by atoms with E-state index in [1.165, 1.54) is 5.46 Å². The van der Waals surface area contributed by atoms with Crippen molar-refractivity contribution in [3.8, 4) is 0 Å². The van der Waals surface area contributed by atoms with Gasteiger partial charge in [0.1, 0.15) is 0 Å². The van der Waals surface area contributed by atoms with Crippen LogP contribution in [0.3, 0.4) is 0 Å². The first-order valence-electron chi connectivity index (χ1n) is 1.91. The normalized spacial score (nSPS) is 7.20. The van der Waals surface area contributed by atoms with Gasteiger partial charge in [-0.3, -0.25) is 0 Å². The Morgan fingerprint density at radius 3 is 2.20 bits per heavy atom. The van der Waals surface area contributed by atoms with Gasteiger partial charge in [0.25, 0.3) is 0 Å². The van der Waals surface area contributed by atoms with Gasteiger partial charge >= 0.3 is 34.0 Å². The van der Waals surface area contributed by atoms with Gasteiger partial charge in [0.15, 0.2) is 0 Å². The summed E-state index contributed by atoms with van der Waals surface area (Å²) in [5.74, 6) is 0. The predicted octanol–water partition coefficient (Wildman–Crippen LogP) is -0.869.